The molecule has 0 atom stereocenters. The standard InChI is InChI=1S/C15H16N4O2/c1-12-8-13(4-2-3-7-20)5-6-14(12)18-15(21)9-19-11-16-10-17-19/h5-6,8,10-11,20H,3,7,9H2,1H3,(H,18,21). The molecule has 0 aliphatic rings. The van der Waals surface area contributed by atoms with Crippen LogP contribution >= 0.6 is 0 Å². The van der Waals surface area contributed by atoms with Crippen LogP contribution in [0.1, 0.15) is 17.5 Å². The second-order valence-corrected chi connectivity index (χ2v) is 4.45. The molecule has 2 N–H and O–H groups in total. The van der Waals surface area contributed by atoms with E-state index in [4.69, 9.17) is 5.11 Å². The number of carbonyl (C=O) groups is 1. The summed E-state index contributed by atoms with van der Waals surface area (Å²) in [6, 6.07) is 5.55. The summed E-state index contributed by atoms with van der Waals surface area (Å²) in [7, 11) is 0. The van der Waals surface area contributed by atoms with E-state index < -0.39 is 0 Å². The van der Waals surface area contributed by atoms with Crippen molar-refractivity contribution >= 4 is 11.6 Å². The van der Waals surface area contributed by atoms with Crippen molar-refractivity contribution in [1.29, 1.82) is 0 Å². The van der Waals surface area contributed by atoms with Crippen LogP contribution in [0.3, 0.4) is 0 Å². The van der Waals surface area contributed by atoms with Crippen molar-refractivity contribution in [3.05, 3.63) is 42.0 Å². The average Bonchev–Trinajstić information content (AvgIpc) is 2.95. The van der Waals surface area contributed by atoms with E-state index in [1.807, 2.05) is 25.1 Å². The number of aromatic nitrogens is 3. The van der Waals surface area contributed by atoms with Crippen molar-refractivity contribution < 1.29 is 9.90 Å². The summed E-state index contributed by atoms with van der Waals surface area (Å²) in [5.74, 6) is 5.66. The van der Waals surface area contributed by atoms with Crippen molar-refractivity contribution in [1.82, 2.24) is 14.8 Å². The smallest absolute Gasteiger partial charge is 0.246 e. The van der Waals surface area contributed by atoms with E-state index in [0.717, 1.165) is 16.8 Å². The Morgan fingerprint density at radius 3 is 3.00 bits per heavy atom. The number of anilines is 1. The number of carbonyl (C=O) groups excluding carboxylic acids is 1. The second kappa shape index (κ2) is 7.22. The first-order valence-corrected chi connectivity index (χ1v) is 6.51. The summed E-state index contributed by atoms with van der Waals surface area (Å²) >= 11 is 0. The fraction of sp³-hybridized carbons (Fsp3) is 0.267. The summed E-state index contributed by atoms with van der Waals surface area (Å²) in [5.41, 5.74) is 2.53. The maximum atomic E-state index is 11.9. The van der Waals surface area contributed by atoms with E-state index in [9.17, 15) is 4.79 Å². The first-order chi connectivity index (χ1) is 10.2. The van der Waals surface area contributed by atoms with Crippen LogP contribution in [0.15, 0.2) is 30.9 Å². The molecule has 0 aliphatic heterocycles. The van der Waals surface area contributed by atoms with Gasteiger partial charge in [0.05, 0.1) is 6.61 Å². The molecule has 2 aromatic rings. The number of aryl methyl sites for hydroxylation is 1. The van der Waals surface area contributed by atoms with Gasteiger partial charge in [-0.2, -0.15) is 5.10 Å². The van der Waals surface area contributed by atoms with Gasteiger partial charge in [-0.3, -0.25) is 4.79 Å². The summed E-state index contributed by atoms with van der Waals surface area (Å²) < 4.78 is 1.46. The first-order valence-electron chi connectivity index (χ1n) is 6.51. The van der Waals surface area contributed by atoms with E-state index in [1.165, 1.54) is 17.3 Å². The topological polar surface area (TPSA) is 80.0 Å². The number of benzene rings is 1. The third kappa shape index (κ3) is 4.44. The first kappa shape index (κ1) is 14.8. The largest absolute Gasteiger partial charge is 0.395 e. The lowest BCUT2D eigenvalue weighted by molar-refractivity contribution is -0.116. The molecule has 0 radical (unpaired) electrons. The van der Waals surface area contributed by atoms with Gasteiger partial charge in [-0.15, -0.1) is 0 Å². The predicted molar refractivity (Wildman–Crippen MR) is 78.4 cm³/mol. The number of aliphatic hydroxyl groups excluding tert-OH is 1. The Kier molecular flexibility index (Phi) is 5.07. The van der Waals surface area contributed by atoms with Crippen LogP contribution in [0.5, 0.6) is 0 Å². The summed E-state index contributed by atoms with van der Waals surface area (Å²) in [6.07, 6.45) is 3.33. The van der Waals surface area contributed by atoms with Crippen molar-refractivity contribution in [2.45, 2.75) is 19.9 Å². The van der Waals surface area contributed by atoms with E-state index in [-0.39, 0.29) is 19.1 Å². The van der Waals surface area contributed by atoms with Gasteiger partial charge in [0.25, 0.3) is 0 Å². The molecule has 6 nitrogen and oxygen atoms in total. The normalized spacial score (nSPS) is 9.81. The molecule has 1 aromatic heterocycles. The Hall–Kier alpha value is -2.65. The summed E-state index contributed by atoms with van der Waals surface area (Å²) in [6.45, 7) is 2.09. The van der Waals surface area contributed by atoms with Gasteiger partial charge in [-0.25, -0.2) is 9.67 Å². The Labute approximate surface area is 122 Å². The molecule has 1 heterocycles. The zero-order valence-corrected chi connectivity index (χ0v) is 11.7. The molecule has 0 bridgehead atoms. The zero-order chi connectivity index (χ0) is 15.1. The molecule has 0 fully saturated rings. The third-order valence-corrected chi connectivity index (χ3v) is 2.74. The minimum atomic E-state index is -0.164. The van der Waals surface area contributed by atoms with Gasteiger partial charge >= 0.3 is 0 Å². The SMILES string of the molecule is Cc1cc(C#CCCO)ccc1NC(=O)Cn1cncn1. The number of nitrogens with zero attached hydrogens (tertiary/aromatic N) is 3. The van der Waals surface area contributed by atoms with Gasteiger partial charge in [0.15, 0.2) is 0 Å². The fourth-order valence-corrected chi connectivity index (χ4v) is 1.75. The molecule has 6 heteroatoms. The third-order valence-electron chi connectivity index (χ3n) is 2.74. The van der Waals surface area contributed by atoms with Gasteiger partial charge < -0.3 is 10.4 Å². The van der Waals surface area contributed by atoms with Crippen molar-refractivity contribution in [2.24, 2.45) is 0 Å². The highest BCUT2D eigenvalue weighted by molar-refractivity contribution is 5.91. The second-order valence-electron chi connectivity index (χ2n) is 4.45. The Morgan fingerprint density at radius 2 is 2.33 bits per heavy atom. The Morgan fingerprint density at radius 1 is 1.48 bits per heavy atom. The minimum absolute atomic E-state index is 0.0579. The maximum Gasteiger partial charge on any atom is 0.246 e. The number of amides is 1. The van der Waals surface area contributed by atoms with Crippen LogP contribution in [-0.4, -0.2) is 32.4 Å². The molecule has 1 aromatic carbocycles. The van der Waals surface area contributed by atoms with Crippen LogP contribution in [0, 0.1) is 18.8 Å². The van der Waals surface area contributed by atoms with Crippen molar-refractivity contribution in [3.8, 4) is 11.8 Å². The molecule has 0 spiro atoms. The quantitative estimate of drug-likeness (QED) is 0.820. The molecule has 21 heavy (non-hydrogen) atoms. The van der Waals surface area contributed by atoms with E-state index >= 15 is 0 Å². The maximum absolute atomic E-state index is 11.9. The zero-order valence-electron chi connectivity index (χ0n) is 11.7. The highest BCUT2D eigenvalue weighted by Crippen LogP contribution is 2.16. The Balaban J connectivity index is 2.01. The molecule has 2 rings (SSSR count). The van der Waals surface area contributed by atoms with Crippen molar-refractivity contribution in [3.63, 3.8) is 0 Å². The van der Waals surface area contributed by atoms with Gasteiger partial charge in [0.2, 0.25) is 5.91 Å². The van der Waals surface area contributed by atoms with Gasteiger partial charge in [0, 0.05) is 17.7 Å². The predicted octanol–water partition coefficient (Wildman–Crippen LogP) is 0.959. The van der Waals surface area contributed by atoms with E-state index in [2.05, 4.69) is 27.2 Å². The molecule has 0 saturated carbocycles. The van der Waals surface area contributed by atoms with Crippen LogP contribution in [0.2, 0.25) is 0 Å². The van der Waals surface area contributed by atoms with Crippen LogP contribution in [-0.2, 0) is 11.3 Å². The van der Waals surface area contributed by atoms with Crippen molar-refractivity contribution in [2.75, 3.05) is 11.9 Å². The number of hydrogen-bond acceptors (Lipinski definition) is 4. The number of aliphatic hydroxyl groups is 1. The fourth-order valence-electron chi connectivity index (χ4n) is 1.75. The average molecular weight is 284 g/mol. The van der Waals surface area contributed by atoms with Gasteiger partial charge in [0.1, 0.15) is 19.2 Å². The molecular weight excluding hydrogens is 268 g/mol. The molecule has 108 valence electrons. The lowest BCUT2D eigenvalue weighted by atomic mass is 10.1. The highest BCUT2D eigenvalue weighted by atomic mass is 16.2. The highest BCUT2D eigenvalue weighted by Gasteiger charge is 2.06. The molecule has 0 saturated heterocycles. The minimum Gasteiger partial charge on any atom is -0.395 e. The molecule has 0 unspecified atom stereocenters. The molecule has 0 aliphatic carbocycles. The van der Waals surface area contributed by atoms with E-state index in [1.54, 1.807) is 0 Å². The molecular formula is C15H16N4O2. The monoisotopic (exact) mass is 284 g/mol. The van der Waals surface area contributed by atoms with Crippen LogP contribution in [0.25, 0.3) is 0 Å². The molecule has 1 amide bonds. The number of hydrogen-bond donors (Lipinski definition) is 2. The lowest BCUT2D eigenvalue weighted by Crippen LogP contribution is -2.19. The van der Waals surface area contributed by atoms with E-state index in [0.29, 0.717) is 6.42 Å². The lowest BCUT2D eigenvalue weighted by Gasteiger charge is -2.08. The van der Waals surface area contributed by atoms with Gasteiger partial charge in [-0.05, 0) is 30.7 Å². The summed E-state index contributed by atoms with van der Waals surface area (Å²) in [4.78, 5) is 15.7. The number of nitrogens with one attached hydrogen (secondary N) is 1. The van der Waals surface area contributed by atoms with Gasteiger partial charge in [-0.1, -0.05) is 11.8 Å². The summed E-state index contributed by atoms with van der Waals surface area (Å²) in [5, 5.41) is 15.4. The van der Waals surface area contributed by atoms with Crippen LogP contribution < -0.4 is 5.32 Å². The Bertz CT molecular complexity index is 669. The number of rotatable bonds is 4. The van der Waals surface area contributed by atoms with Crippen LogP contribution in [0.4, 0.5) is 5.69 Å².